The smallest absolute Gasteiger partial charge is 0.338 e. The summed E-state index contributed by atoms with van der Waals surface area (Å²) >= 11 is 5.97. The Labute approximate surface area is 96.6 Å². The zero-order valence-electron chi connectivity index (χ0n) is 9.70. The fourth-order valence-electron chi connectivity index (χ4n) is 1.01. The molecule has 0 spiro atoms. The third-order valence-electron chi connectivity index (χ3n) is 1.87. The van der Waals surface area contributed by atoms with E-state index in [0.29, 0.717) is 12.0 Å². The van der Waals surface area contributed by atoms with Gasteiger partial charge in [0.25, 0.3) is 0 Å². The zero-order valence-corrected chi connectivity index (χ0v) is 9.46. The summed E-state index contributed by atoms with van der Waals surface area (Å²) in [6, 6.07) is 8.81. The van der Waals surface area contributed by atoms with Gasteiger partial charge in [-0.3, -0.25) is 0 Å². The third kappa shape index (κ3) is 4.84. The molecule has 1 atom stereocenters. The Balaban J connectivity index is 2.37. The Morgan fingerprint density at radius 3 is 2.80 bits per heavy atom. The second-order valence-electron chi connectivity index (χ2n) is 3.67. The van der Waals surface area contributed by atoms with Crippen molar-refractivity contribution in [1.82, 2.24) is 0 Å². The Hall–Kier alpha value is -1.02. The van der Waals surface area contributed by atoms with Crippen LogP contribution in [-0.4, -0.2) is 17.5 Å². The van der Waals surface area contributed by atoms with Crippen LogP contribution in [0, 0.1) is 0 Å². The Morgan fingerprint density at radius 2 is 2.20 bits per heavy atom. The van der Waals surface area contributed by atoms with Crippen molar-refractivity contribution >= 4 is 17.6 Å². The molecule has 1 aromatic carbocycles. The van der Waals surface area contributed by atoms with Crippen molar-refractivity contribution in [2.75, 3.05) is 6.61 Å². The highest BCUT2D eigenvalue weighted by Gasteiger charge is 2.14. The fourth-order valence-corrected chi connectivity index (χ4v) is 1.09. The van der Waals surface area contributed by atoms with Crippen molar-refractivity contribution in [3.8, 4) is 0 Å². The maximum absolute atomic E-state index is 11.5. The minimum Gasteiger partial charge on any atom is -0.462 e. The lowest BCUT2D eigenvalue weighted by Crippen LogP contribution is -2.16. The van der Waals surface area contributed by atoms with Gasteiger partial charge in [0.15, 0.2) is 0 Å². The van der Waals surface area contributed by atoms with E-state index in [9.17, 15) is 4.79 Å². The number of ether oxygens (including phenoxy) is 1. The van der Waals surface area contributed by atoms with Gasteiger partial charge in [-0.05, 0) is 26.0 Å². The number of benzene rings is 1. The summed E-state index contributed by atoms with van der Waals surface area (Å²) in [6.45, 7) is 2.11. The Morgan fingerprint density at radius 1 is 1.53 bits per heavy atom. The van der Waals surface area contributed by atoms with E-state index in [1.807, 2.05) is 6.07 Å². The average molecular weight is 228 g/mol. The van der Waals surface area contributed by atoms with Crippen LogP contribution in [0.5, 0.6) is 0 Å². The maximum Gasteiger partial charge on any atom is 0.338 e. The van der Waals surface area contributed by atoms with E-state index in [-0.39, 0.29) is 19.5 Å². The maximum atomic E-state index is 11.5. The van der Waals surface area contributed by atoms with E-state index >= 15 is 0 Å². The second-order valence-corrected chi connectivity index (χ2v) is 4.58. The highest BCUT2D eigenvalue weighted by atomic mass is 35.5. The summed E-state index contributed by atoms with van der Waals surface area (Å²) in [5.74, 6) is -0.349. The highest BCUT2D eigenvalue weighted by Crippen LogP contribution is 2.17. The van der Waals surface area contributed by atoms with Crippen LogP contribution in [0.2, 0.25) is 0 Å². The molecule has 1 rings (SSSR count). The largest absolute Gasteiger partial charge is 0.462 e. The number of esters is 1. The van der Waals surface area contributed by atoms with Crippen LogP contribution in [-0.2, 0) is 4.74 Å². The van der Waals surface area contributed by atoms with E-state index in [4.69, 9.17) is 17.7 Å². The van der Waals surface area contributed by atoms with Gasteiger partial charge in [-0.15, -0.1) is 11.6 Å². The van der Waals surface area contributed by atoms with Gasteiger partial charge in [0.1, 0.15) is 0 Å². The molecule has 2 nitrogen and oxygen atoms in total. The summed E-state index contributed by atoms with van der Waals surface area (Å²) in [6.07, 6.45) is 0.483. The molecule has 0 saturated carbocycles. The normalized spacial score (nSPS) is 15.2. The summed E-state index contributed by atoms with van der Waals surface area (Å²) in [5.41, 5.74) is 0.532. The van der Waals surface area contributed by atoms with Gasteiger partial charge in [-0.25, -0.2) is 4.79 Å². The first-order valence-electron chi connectivity index (χ1n) is 5.46. The van der Waals surface area contributed by atoms with E-state index in [1.54, 1.807) is 31.2 Å². The number of alkyl halides is 1. The Kier molecular flexibility index (Phi) is 3.62. The molecule has 0 N–H and O–H groups in total. The number of carbonyl (C=O) groups excluding carboxylic acids is 1. The molecule has 1 aromatic rings. The lowest BCUT2D eigenvalue weighted by Gasteiger charge is -2.14. The van der Waals surface area contributed by atoms with E-state index in [2.05, 4.69) is 0 Å². The molecule has 3 heteroatoms. The molecular formula is C12H15ClO2. The first-order chi connectivity index (χ1) is 7.55. The van der Waals surface area contributed by atoms with Crippen molar-refractivity contribution in [3.05, 3.63) is 35.9 Å². The molecule has 15 heavy (non-hydrogen) atoms. The number of hydrogen-bond donors (Lipinski definition) is 0. The van der Waals surface area contributed by atoms with Crippen LogP contribution in [0.4, 0.5) is 0 Å². The van der Waals surface area contributed by atoms with Crippen molar-refractivity contribution in [2.45, 2.75) is 25.1 Å². The lowest BCUT2D eigenvalue weighted by molar-refractivity contribution is 0.0492. The zero-order chi connectivity index (χ0) is 12.0. The highest BCUT2D eigenvalue weighted by molar-refractivity contribution is 6.23. The van der Waals surface area contributed by atoms with Crippen LogP contribution in [0.25, 0.3) is 0 Å². The molecular weight excluding hydrogens is 212 g/mol. The molecule has 82 valence electrons. The predicted octanol–water partition coefficient (Wildman–Crippen LogP) is 3.25. The minimum absolute atomic E-state index is 0.109. The molecule has 0 heterocycles. The van der Waals surface area contributed by atoms with Crippen LogP contribution < -0.4 is 0 Å². The topological polar surface area (TPSA) is 26.3 Å². The number of hydrogen-bond acceptors (Lipinski definition) is 2. The molecule has 0 amide bonds. The minimum atomic E-state index is -0.614. The predicted molar refractivity (Wildman–Crippen MR) is 61.3 cm³/mol. The van der Waals surface area contributed by atoms with Gasteiger partial charge in [-0.1, -0.05) is 18.2 Å². The third-order valence-corrected chi connectivity index (χ3v) is 2.05. The molecule has 0 saturated heterocycles. The number of rotatable bonds is 4. The number of halogens is 1. The molecule has 0 unspecified atom stereocenters. The average Bonchev–Trinajstić information content (AvgIpc) is 2.30. The molecule has 0 aromatic heterocycles. The van der Waals surface area contributed by atoms with Gasteiger partial charge >= 0.3 is 5.97 Å². The second kappa shape index (κ2) is 5.17. The molecule has 0 fully saturated rings. The van der Waals surface area contributed by atoms with E-state index in [0.717, 1.165) is 0 Å². The van der Waals surface area contributed by atoms with Crippen LogP contribution in [0.1, 0.15) is 32.0 Å². The molecule has 0 aliphatic rings. The van der Waals surface area contributed by atoms with Crippen molar-refractivity contribution in [2.24, 2.45) is 0 Å². The summed E-state index contributed by atoms with van der Waals surface area (Å²) in [5, 5.41) is 0. The van der Waals surface area contributed by atoms with Gasteiger partial charge in [0, 0.05) is 12.7 Å². The van der Waals surface area contributed by atoms with Crippen molar-refractivity contribution < 1.29 is 10.9 Å². The SMILES string of the molecule is [2H]C[C@@](C)(Cl)CCOC(=O)c1ccccc1. The van der Waals surface area contributed by atoms with Crippen molar-refractivity contribution in [3.63, 3.8) is 0 Å². The standard InChI is InChI=1S/C12H15ClO2/c1-12(2,13)8-9-15-11(14)10-6-4-3-5-7-10/h3-7H,8-9H2,1-2H3/i1D/t12-/m0/s1. The molecule has 0 aliphatic heterocycles. The summed E-state index contributed by atoms with van der Waals surface area (Å²) in [7, 11) is 0. The monoisotopic (exact) mass is 227 g/mol. The van der Waals surface area contributed by atoms with Gasteiger partial charge in [0.05, 0.1) is 12.2 Å². The van der Waals surface area contributed by atoms with Crippen LogP contribution in [0.15, 0.2) is 30.3 Å². The Bertz CT molecular complexity index is 338. The van der Waals surface area contributed by atoms with E-state index < -0.39 is 4.87 Å². The summed E-state index contributed by atoms with van der Waals surface area (Å²) < 4.78 is 12.2. The fraction of sp³-hybridized carbons (Fsp3) is 0.417. The first-order valence-corrected chi connectivity index (χ1v) is 5.13. The van der Waals surface area contributed by atoms with E-state index in [1.165, 1.54) is 0 Å². The lowest BCUT2D eigenvalue weighted by atomic mass is 10.1. The first kappa shape index (κ1) is 10.5. The van der Waals surface area contributed by atoms with Gasteiger partial charge in [-0.2, -0.15) is 0 Å². The molecule has 0 bridgehead atoms. The van der Waals surface area contributed by atoms with Crippen LogP contribution >= 0.6 is 11.6 Å². The number of carbonyl (C=O) groups is 1. The van der Waals surface area contributed by atoms with Gasteiger partial charge < -0.3 is 4.74 Å². The quantitative estimate of drug-likeness (QED) is 0.583. The van der Waals surface area contributed by atoms with Gasteiger partial charge in [0.2, 0.25) is 0 Å². The molecule has 0 radical (unpaired) electrons. The molecule has 0 aliphatic carbocycles. The van der Waals surface area contributed by atoms with Crippen LogP contribution in [0.3, 0.4) is 0 Å². The van der Waals surface area contributed by atoms with Crippen molar-refractivity contribution in [1.29, 1.82) is 0 Å². The summed E-state index contributed by atoms with van der Waals surface area (Å²) in [4.78, 5) is 10.9.